The zero-order valence-electron chi connectivity index (χ0n) is 7.67. The molecular weight excluding hydrogens is 208 g/mol. The molecule has 1 rings (SSSR count). The lowest BCUT2D eigenvalue weighted by Crippen LogP contribution is -1.96. The summed E-state index contributed by atoms with van der Waals surface area (Å²) in [5.41, 5.74) is 6.11. The fourth-order valence-electron chi connectivity index (χ4n) is 0.919. The van der Waals surface area contributed by atoms with Gasteiger partial charge < -0.3 is 10.5 Å². The van der Waals surface area contributed by atoms with Crippen LogP contribution < -0.4 is 10.5 Å². The predicted molar refractivity (Wildman–Crippen MR) is 54.1 cm³/mol. The summed E-state index contributed by atoms with van der Waals surface area (Å²) in [6.45, 7) is 0. The number of nitrogens with two attached hydrogens (primary N) is 1. The minimum absolute atomic E-state index is 0.253. The lowest BCUT2D eigenvalue weighted by Gasteiger charge is -2.07. The van der Waals surface area contributed by atoms with E-state index in [2.05, 4.69) is 0 Å². The van der Waals surface area contributed by atoms with Crippen LogP contribution in [0, 0.1) is 0 Å². The second-order valence-electron chi connectivity index (χ2n) is 2.61. The third kappa shape index (κ3) is 3.06. The van der Waals surface area contributed by atoms with Gasteiger partial charge in [0.1, 0.15) is 5.75 Å². The summed E-state index contributed by atoms with van der Waals surface area (Å²) in [7, 11) is 1.52. The average molecular weight is 219 g/mol. The maximum Gasteiger partial charge on any atom is 0.247 e. The molecule has 0 spiro atoms. The van der Waals surface area contributed by atoms with Gasteiger partial charge in [0.25, 0.3) is 0 Å². The SMILES string of the molecule is COc1ccc(N)c(SCC(F)F)c1. The molecule has 0 aliphatic heterocycles. The standard InChI is InChI=1S/C9H11F2NOS/c1-13-6-2-3-7(12)8(4-6)14-5-9(10)11/h2-4,9H,5,12H2,1H3. The molecule has 0 atom stereocenters. The number of methoxy groups -OCH3 is 1. The zero-order valence-corrected chi connectivity index (χ0v) is 8.48. The van der Waals surface area contributed by atoms with Crippen LogP contribution in [0.5, 0.6) is 5.75 Å². The molecule has 0 heterocycles. The Morgan fingerprint density at radius 3 is 2.79 bits per heavy atom. The van der Waals surface area contributed by atoms with Crippen LogP contribution >= 0.6 is 11.8 Å². The quantitative estimate of drug-likeness (QED) is 0.624. The van der Waals surface area contributed by atoms with Gasteiger partial charge in [0.05, 0.1) is 12.9 Å². The number of rotatable bonds is 4. The van der Waals surface area contributed by atoms with Gasteiger partial charge in [-0.2, -0.15) is 0 Å². The second-order valence-corrected chi connectivity index (χ2v) is 3.67. The lowest BCUT2D eigenvalue weighted by atomic mass is 10.3. The highest BCUT2D eigenvalue weighted by Crippen LogP contribution is 2.29. The van der Waals surface area contributed by atoms with Gasteiger partial charge in [0.15, 0.2) is 0 Å². The smallest absolute Gasteiger partial charge is 0.247 e. The number of ether oxygens (including phenoxy) is 1. The number of hydrogen-bond donors (Lipinski definition) is 1. The Hall–Kier alpha value is -0.970. The van der Waals surface area contributed by atoms with E-state index in [0.29, 0.717) is 16.3 Å². The van der Waals surface area contributed by atoms with E-state index < -0.39 is 6.43 Å². The van der Waals surface area contributed by atoms with Crippen molar-refractivity contribution in [2.24, 2.45) is 0 Å². The molecule has 0 saturated heterocycles. The fraction of sp³-hybridized carbons (Fsp3) is 0.333. The van der Waals surface area contributed by atoms with E-state index in [9.17, 15) is 8.78 Å². The highest BCUT2D eigenvalue weighted by Gasteiger charge is 2.07. The first-order valence-corrected chi connectivity index (χ1v) is 4.96. The molecule has 5 heteroatoms. The second kappa shape index (κ2) is 5.05. The minimum atomic E-state index is -2.33. The van der Waals surface area contributed by atoms with Crippen molar-refractivity contribution in [1.82, 2.24) is 0 Å². The Labute approximate surface area is 85.4 Å². The summed E-state index contributed by atoms with van der Waals surface area (Å²) in [6, 6.07) is 5.00. The number of thioether (sulfide) groups is 1. The summed E-state index contributed by atoms with van der Waals surface area (Å²) in [5.74, 6) is 0.369. The van der Waals surface area contributed by atoms with Gasteiger partial charge in [0, 0.05) is 10.6 Å². The Morgan fingerprint density at radius 2 is 2.21 bits per heavy atom. The van der Waals surface area contributed by atoms with Crippen LogP contribution in [0.3, 0.4) is 0 Å². The Morgan fingerprint density at radius 1 is 1.50 bits per heavy atom. The molecule has 14 heavy (non-hydrogen) atoms. The maximum atomic E-state index is 11.9. The fourth-order valence-corrected chi connectivity index (χ4v) is 1.66. The first kappa shape index (κ1) is 11.1. The van der Waals surface area contributed by atoms with Crippen molar-refractivity contribution in [3.8, 4) is 5.75 Å². The van der Waals surface area contributed by atoms with Gasteiger partial charge in [-0.25, -0.2) is 8.78 Å². The molecule has 2 nitrogen and oxygen atoms in total. The van der Waals surface area contributed by atoms with Crippen LogP contribution in [0.4, 0.5) is 14.5 Å². The number of hydrogen-bond acceptors (Lipinski definition) is 3. The first-order valence-electron chi connectivity index (χ1n) is 3.98. The van der Waals surface area contributed by atoms with Gasteiger partial charge in [-0.05, 0) is 18.2 Å². The zero-order chi connectivity index (χ0) is 10.6. The summed E-state index contributed by atoms with van der Waals surface area (Å²) in [4.78, 5) is 0.629. The number of anilines is 1. The van der Waals surface area contributed by atoms with E-state index in [4.69, 9.17) is 10.5 Å². The average Bonchev–Trinajstić information content (AvgIpc) is 2.16. The number of alkyl halides is 2. The summed E-state index contributed by atoms with van der Waals surface area (Å²) in [6.07, 6.45) is -2.33. The molecule has 0 fully saturated rings. The van der Waals surface area contributed by atoms with E-state index in [1.54, 1.807) is 18.2 Å². The highest BCUT2D eigenvalue weighted by molar-refractivity contribution is 7.99. The van der Waals surface area contributed by atoms with Gasteiger partial charge >= 0.3 is 0 Å². The third-order valence-electron chi connectivity index (χ3n) is 1.59. The van der Waals surface area contributed by atoms with Crippen molar-refractivity contribution in [1.29, 1.82) is 0 Å². The van der Waals surface area contributed by atoms with Gasteiger partial charge in [-0.15, -0.1) is 11.8 Å². The normalized spacial score (nSPS) is 10.6. The molecule has 0 amide bonds. The molecule has 1 aromatic rings. The predicted octanol–water partition coefficient (Wildman–Crippen LogP) is 2.63. The molecular formula is C9H11F2NOS. The molecule has 0 unspecified atom stereocenters. The molecule has 0 aliphatic rings. The lowest BCUT2D eigenvalue weighted by molar-refractivity contribution is 0.177. The molecule has 78 valence electrons. The maximum absolute atomic E-state index is 11.9. The molecule has 0 saturated carbocycles. The van der Waals surface area contributed by atoms with E-state index >= 15 is 0 Å². The Bertz CT molecular complexity index is 307. The van der Waals surface area contributed by atoms with E-state index in [-0.39, 0.29) is 5.75 Å². The molecule has 1 aromatic carbocycles. The van der Waals surface area contributed by atoms with Crippen LogP contribution in [0.2, 0.25) is 0 Å². The Balaban J connectivity index is 2.73. The van der Waals surface area contributed by atoms with E-state index in [0.717, 1.165) is 11.8 Å². The number of benzene rings is 1. The van der Waals surface area contributed by atoms with Gasteiger partial charge in [0.2, 0.25) is 6.43 Å². The first-order chi connectivity index (χ1) is 6.63. The van der Waals surface area contributed by atoms with Crippen molar-refractivity contribution < 1.29 is 13.5 Å². The van der Waals surface area contributed by atoms with Gasteiger partial charge in [-0.1, -0.05) is 0 Å². The minimum Gasteiger partial charge on any atom is -0.497 e. The number of nitrogen functional groups attached to an aromatic ring is 1. The van der Waals surface area contributed by atoms with Crippen LogP contribution in [0.15, 0.2) is 23.1 Å². The third-order valence-corrected chi connectivity index (χ3v) is 2.67. The Kier molecular flexibility index (Phi) is 4.00. The summed E-state index contributed by atoms with van der Waals surface area (Å²) >= 11 is 1.03. The highest BCUT2D eigenvalue weighted by atomic mass is 32.2. The molecule has 0 aromatic heterocycles. The van der Waals surface area contributed by atoms with E-state index in [1.165, 1.54) is 7.11 Å². The van der Waals surface area contributed by atoms with Gasteiger partial charge in [-0.3, -0.25) is 0 Å². The van der Waals surface area contributed by atoms with Crippen molar-refractivity contribution in [2.45, 2.75) is 11.3 Å². The topological polar surface area (TPSA) is 35.2 Å². The molecule has 0 aliphatic carbocycles. The summed E-state index contributed by atoms with van der Waals surface area (Å²) < 4.78 is 28.8. The van der Waals surface area contributed by atoms with Crippen molar-refractivity contribution >= 4 is 17.4 Å². The van der Waals surface area contributed by atoms with Crippen LogP contribution in [-0.2, 0) is 0 Å². The molecule has 0 bridgehead atoms. The summed E-state index contributed by atoms with van der Waals surface area (Å²) in [5, 5.41) is 0. The van der Waals surface area contributed by atoms with Crippen molar-refractivity contribution in [2.75, 3.05) is 18.6 Å². The van der Waals surface area contributed by atoms with Crippen LogP contribution in [-0.4, -0.2) is 19.3 Å². The largest absolute Gasteiger partial charge is 0.497 e. The van der Waals surface area contributed by atoms with Crippen molar-refractivity contribution in [3.63, 3.8) is 0 Å². The monoisotopic (exact) mass is 219 g/mol. The number of halogens is 2. The van der Waals surface area contributed by atoms with E-state index in [1.807, 2.05) is 0 Å². The van der Waals surface area contributed by atoms with Crippen LogP contribution in [0.1, 0.15) is 0 Å². The molecule has 0 radical (unpaired) electrons. The van der Waals surface area contributed by atoms with Crippen LogP contribution in [0.25, 0.3) is 0 Å². The van der Waals surface area contributed by atoms with Crippen molar-refractivity contribution in [3.05, 3.63) is 18.2 Å². The molecule has 2 N–H and O–H groups in total.